The van der Waals surface area contributed by atoms with Gasteiger partial charge in [-0.1, -0.05) is 37.3 Å². The van der Waals surface area contributed by atoms with E-state index in [9.17, 15) is 0 Å². The van der Waals surface area contributed by atoms with Gasteiger partial charge in [0.25, 0.3) is 0 Å². The van der Waals surface area contributed by atoms with Gasteiger partial charge in [-0.25, -0.2) is 0 Å². The summed E-state index contributed by atoms with van der Waals surface area (Å²) in [6.45, 7) is 5.15. The minimum absolute atomic E-state index is 0.297. The van der Waals surface area contributed by atoms with E-state index in [0.29, 0.717) is 12.0 Å². The lowest BCUT2D eigenvalue weighted by atomic mass is 9.95. The average Bonchev–Trinajstić information content (AvgIpc) is 2.75. The Morgan fingerprint density at radius 3 is 2.87 bits per heavy atom. The van der Waals surface area contributed by atoms with Gasteiger partial charge in [0.15, 0.2) is 0 Å². The summed E-state index contributed by atoms with van der Waals surface area (Å²) in [6.07, 6.45) is 1.47. The van der Waals surface area contributed by atoms with Gasteiger partial charge >= 0.3 is 0 Å². The number of hydrogen-bond acceptors (Lipinski definition) is 2. The molecule has 2 unspecified atom stereocenters. The first-order valence-corrected chi connectivity index (χ1v) is 5.79. The van der Waals surface area contributed by atoms with Gasteiger partial charge in [-0.3, -0.25) is 0 Å². The molecule has 1 aliphatic rings. The number of hydrogen-bond donors (Lipinski definition) is 1. The van der Waals surface area contributed by atoms with Crippen molar-refractivity contribution in [1.29, 1.82) is 0 Å². The van der Waals surface area contributed by atoms with Crippen molar-refractivity contribution >= 4 is 0 Å². The number of ether oxygens (including phenoxy) is 1. The van der Waals surface area contributed by atoms with E-state index in [0.717, 1.165) is 19.7 Å². The molecule has 2 heteroatoms. The maximum absolute atomic E-state index is 5.81. The minimum atomic E-state index is 0.297. The van der Waals surface area contributed by atoms with Crippen LogP contribution in [0, 0.1) is 5.92 Å². The summed E-state index contributed by atoms with van der Waals surface area (Å²) in [4.78, 5) is 0. The van der Waals surface area contributed by atoms with E-state index in [4.69, 9.17) is 4.74 Å². The van der Waals surface area contributed by atoms with Gasteiger partial charge in [0.1, 0.15) is 0 Å². The first-order valence-electron chi connectivity index (χ1n) is 5.79. The second-order valence-electron chi connectivity index (χ2n) is 4.06. The molecule has 1 fully saturated rings. The molecule has 1 saturated heterocycles. The van der Waals surface area contributed by atoms with E-state index in [1.54, 1.807) is 0 Å². The second kappa shape index (κ2) is 5.29. The summed E-state index contributed by atoms with van der Waals surface area (Å²) >= 11 is 0. The van der Waals surface area contributed by atoms with Crippen LogP contribution in [0.1, 0.15) is 25.0 Å². The molecule has 1 aliphatic heterocycles. The van der Waals surface area contributed by atoms with Crippen LogP contribution in [0.15, 0.2) is 30.3 Å². The van der Waals surface area contributed by atoms with Crippen LogP contribution in [0.4, 0.5) is 0 Å². The zero-order valence-corrected chi connectivity index (χ0v) is 9.28. The summed E-state index contributed by atoms with van der Waals surface area (Å²) in [5, 5.41) is 3.41. The normalized spacial score (nSPS) is 25.7. The Hall–Kier alpha value is -0.860. The third-order valence-corrected chi connectivity index (χ3v) is 3.00. The minimum Gasteiger partial charge on any atom is -0.373 e. The molecule has 0 bridgehead atoms. The first kappa shape index (κ1) is 10.7. The van der Waals surface area contributed by atoms with E-state index in [2.05, 4.69) is 42.6 Å². The summed E-state index contributed by atoms with van der Waals surface area (Å²) < 4.78 is 5.81. The largest absolute Gasteiger partial charge is 0.373 e. The Morgan fingerprint density at radius 1 is 1.33 bits per heavy atom. The molecule has 0 saturated carbocycles. The predicted octanol–water partition coefficient (Wildman–Crippen LogP) is 2.37. The van der Waals surface area contributed by atoms with Gasteiger partial charge in [-0.15, -0.1) is 0 Å². The fourth-order valence-corrected chi connectivity index (χ4v) is 2.18. The van der Waals surface area contributed by atoms with E-state index in [1.165, 1.54) is 12.0 Å². The molecule has 0 aromatic heterocycles. The molecule has 0 spiro atoms. The van der Waals surface area contributed by atoms with E-state index in [1.807, 2.05) is 0 Å². The second-order valence-corrected chi connectivity index (χ2v) is 4.06. The highest BCUT2D eigenvalue weighted by Crippen LogP contribution is 2.33. The number of nitrogens with one attached hydrogen (secondary N) is 1. The molecule has 1 aromatic carbocycles. The van der Waals surface area contributed by atoms with Crippen molar-refractivity contribution in [1.82, 2.24) is 5.32 Å². The van der Waals surface area contributed by atoms with Crippen molar-refractivity contribution in [3.63, 3.8) is 0 Å². The maximum Gasteiger partial charge on any atom is 0.0866 e. The van der Waals surface area contributed by atoms with Gasteiger partial charge < -0.3 is 10.1 Å². The van der Waals surface area contributed by atoms with Gasteiger partial charge in [0, 0.05) is 19.1 Å². The highest BCUT2D eigenvalue weighted by atomic mass is 16.5. The number of benzene rings is 1. The molecule has 1 heterocycles. The topological polar surface area (TPSA) is 21.3 Å². The third-order valence-electron chi connectivity index (χ3n) is 3.00. The van der Waals surface area contributed by atoms with Gasteiger partial charge in [0.2, 0.25) is 0 Å². The Morgan fingerprint density at radius 2 is 2.13 bits per heavy atom. The Labute approximate surface area is 91.6 Å². The molecule has 1 aromatic rings. The third kappa shape index (κ3) is 2.58. The van der Waals surface area contributed by atoms with Crippen LogP contribution in [0.5, 0.6) is 0 Å². The summed E-state index contributed by atoms with van der Waals surface area (Å²) in [7, 11) is 0. The lowest BCUT2D eigenvalue weighted by Gasteiger charge is -2.18. The SMILES string of the molecule is CCNCC1CCOC1c1ccccc1. The maximum atomic E-state index is 5.81. The van der Waals surface area contributed by atoms with E-state index in [-0.39, 0.29) is 0 Å². The molecule has 0 aliphatic carbocycles. The quantitative estimate of drug-likeness (QED) is 0.815. The van der Waals surface area contributed by atoms with Crippen molar-refractivity contribution in [2.75, 3.05) is 19.7 Å². The van der Waals surface area contributed by atoms with Crippen LogP contribution >= 0.6 is 0 Å². The zero-order chi connectivity index (χ0) is 10.5. The van der Waals surface area contributed by atoms with Gasteiger partial charge in [-0.05, 0) is 18.5 Å². The van der Waals surface area contributed by atoms with Crippen molar-refractivity contribution in [3.05, 3.63) is 35.9 Å². The van der Waals surface area contributed by atoms with Gasteiger partial charge in [0.05, 0.1) is 6.10 Å². The zero-order valence-electron chi connectivity index (χ0n) is 9.28. The Kier molecular flexibility index (Phi) is 3.75. The first-order chi connectivity index (χ1) is 7.42. The Bertz CT molecular complexity index is 286. The van der Waals surface area contributed by atoms with E-state index >= 15 is 0 Å². The van der Waals surface area contributed by atoms with Crippen LogP contribution in [0.25, 0.3) is 0 Å². The van der Waals surface area contributed by atoms with Gasteiger partial charge in [-0.2, -0.15) is 0 Å². The molecule has 0 amide bonds. The average molecular weight is 205 g/mol. The fraction of sp³-hybridized carbons (Fsp3) is 0.538. The summed E-state index contributed by atoms with van der Waals surface area (Å²) in [5.41, 5.74) is 1.32. The van der Waals surface area contributed by atoms with Crippen molar-refractivity contribution < 1.29 is 4.74 Å². The predicted molar refractivity (Wildman–Crippen MR) is 61.8 cm³/mol. The van der Waals surface area contributed by atoms with Crippen LogP contribution in [0.3, 0.4) is 0 Å². The standard InChI is InChI=1S/C13H19NO/c1-2-14-10-12-8-9-15-13(12)11-6-4-3-5-7-11/h3-7,12-14H,2,8-10H2,1H3. The van der Waals surface area contributed by atoms with Crippen molar-refractivity contribution in [3.8, 4) is 0 Å². The number of rotatable bonds is 4. The van der Waals surface area contributed by atoms with Crippen molar-refractivity contribution in [2.45, 2.75) is 19.4 Å². The highest BCUT2D eigenvalue weighted by Gasteiger charge is 2.28. The molecular formula is C13H19NO. The molecule has 0 radical (unpaired) electrons. The Balaban J connectivity index is 2.01. The van der Waals surface area contributed by atoms with Crippen molar-refractivity contribution in [2.24, 2.45) is 5.92 Å². The monoisotopic (exact) mass is 205 g/mol. The fourth-order valence-electron chi connectivity index (χ4n) is 2.18. The summed E-state index contributed by atoms with van der Waals surface area (Å²) in [6, 6.07) is 10.5. The highest BCUT2D eigenvalue weighted by molar-refractivity contribution is 5.19. The lowest BCUT2D eigenvalue weighted by molar-refractivity contribution is 0.0906. The molecule has 15 heavy (non-hydrogen) atoms. The summed E-state index contributed by atoms with van der Waals surface area (Å²) in [5.74, 6) is 0.632. The molecule has 2 nitrogen and oxygen atoms in total. The van der Waals surface area contributed by atoms with Crippen LogP contribution in [0.2, 0.25) is 0 Å². The van der Waals surface area contributed by atoms with E-state index < -0.39 is 0 Å². The van der Waals surface area contributed by atoms with Crippen LogP contribution < -0.4 is 5.32 Å². The molecule has 2 rings (SSSR count). The molecule has 1 N–H and O–H groups in total. The smallest absolute Gasteiger partial charge is 0.0866 e. The van der Waals surface area contributed by atoms with Crippen LogP contribution in [-0.2, 0) is 4.74 Å². The molecule has 2 atom stereocenters. The molecular weight excluding hydrogens is 186 g/mol. The van der Waals surface area contributed by atoms with Crippen LogP contribution in [-0.4, -0.2) is 19.7 Å². The lowest BCUT2D eigenvalue weighted by Crippen LogP contribution is -2.24. The molecule has 82 valence electrons.